The first kappa shape index (κ1) is 13.9. The third-order valence-corrected chi connectivity index (χ3v) is 3.60. The number of aliphatic hydroxyl groups is 2. The normalized spacial score (nSPS) is 32.9. The van der Waals surface area contributed by atoms with Crippen molar-refractivity contribution in [1.82, 2.24) is 19.5 Å². The molecule has 1 aliphatic heterocycles. The molecular weight excluding hydrogens is 285 g/mol. The average Bonchev–Trinajstić information content (AvgIpc) is 2.91. The standard InChI is InChI=1S/C11H14FN5O4/c1-11(12)6(19)4(2-18)21-9(11)17-3-14-5-7(17)15-10(13)16-8(5)20/h3-4,6,9,18-19H,2H2,1H3,(H3,13,15,16,20)/t4-,6?,9?,11-/m1/s1. The highest BCUT2D eigenvalue weighted by molar-refractivity contribution is 5.70. The summed E-state index contributed by atoms with van der Waals surface area (Å²) in [7, 11) is 0. The van der Waals surface area contributed by atoms with Crippen LogP contribution in [0.5, 0.6) is 0 Å². The maximum atomic E-state index is 14.7. The van der Waals surface area contributed by atoms with Gasteiger partial charge in [0.25, 0.3) is 5.56 Å². The molecule has 1 saturated heterocycles. The van der Waals surface area contributed by atoms with Gasteiger partial charge in [0.05, 0.1) is 12.9 Å². The van der Waals surface area contributed by atoms with Gasteiger partial charge in [0.15, 0.2) is 23.1 Å². The average molecular weight is 299 g/mol. The first-order valence-electron chi connectivity index (χ1n) is 6.22. The Morgan fingerprint density at radius 1 is 1.67 bits per heavy atom. The summed E-state index contributed by atoms with van der Waals surface area (Å²) >= 11 is 0. The fraction of sp³-hybridized carbons (Fsp3) is 0.545. The fourth-order valence-corrected chi connectivity index (χ4v) is 2.48. The second-order valence-electron chi connectivity index (χ2n) is 5.08. The Morgan fingerprint density at radius 2 is 2.38 bits per heavy atom. The van der Waals surface area contributed by atoms with Gasteiger partial charge < -0.3 is 20.7 Å². The highest BCUT2D eigenvalue weighted by Gasteiger charge is 2.55. The predicted molar refractivity (Wildman–Crippen MR) is 69.1 cm³/mol. The van der Waals surface area contributed by atoms with Crippen LogP contribution in [-0.4, -0.2) is 54.2 Å². The molecule has 0 amide bonds. The van der Waals surface area contributed by atoms with Crippen LogP contribution in [0.1, 0.15) is 13.2 Å². The van der Waals surface area contributed by atoms with E-state index in [0.29, 0.717) is 0 Å². The number of imidazole rings is 1. The molecule has 10 heteroatoms. The molecule has 21 heavy (non-hydrogen) atoms. The van der Waals surface area contributed by atoms with Gasteiger partial charge in [0.1, 0.15) is 12.2 Å². The zero-order valence-corrected chi connectivity index (χ0v) is 11.0. The van der Waals surface area contributed by atoms with Crippen LogP contribution in [0.3, 0.4) is 0 Å². The van der Waals surface area contributed by atoms with Crippen molar-refractivity contribution >= 4 is 17.1 Å². The number of nitrogens with zero attached hydrogens (tertiary/aromatic N) is 3. The van der Waals surface area contributed by atoms with E-state index in [-0.39, 0.29) is 17.1 Å². The Kier molecular flexibility index (Phi) is 2.97. The second-order valence-corrected chi connectivity index (χ2v) is 5.08. The fourth-order valence-electron chi connectivity index (χ4n) is 2.48. The number of aromatic nitrogens is 4. The summed E-state index contributed by atoms with van der Waals surface area (Å²) < 4.78 is 21.2. The minimum Gasteiger partial charge on any atom is -0.394 e. The van der Waals surface area contributed by atoms with Gasteiger partial charge >= 0.3 is 0 Å². The third-order valence-electron chi connectivity index (χ3n) is 3.60. The van der Waals surface area contributed by atoms with E-state index in [9.17, 15) is 14.3 Å². The van der Waals surface area contributed by atoms with Gasteiger partial charge in [-0.1, -0.05) is 0 Å². The summed E-state index contributed by atoms with van der Waals surface area (Å²) in [4.78, 5) is 21.7. The number of aliphatic hydroxyl groups excluding tert-OH is 2. The zero-order chi connectivity index (χ0) is 15.4. The van der Waals surface area contributed by atoms with E-state index < -0.39 is 36.3 Å². The van der Waals surface area contributed by atoms with Crippen molar-refractivity contribution in [2.24, 2.45) is 0 Å². The number of hydrogen-bond donors (Lipinski definition) is 4. The maximum absolute atomic E-state index is 14.7. The van der Waals surface area contributed by atoms with E-state index in [2.05, 4.69) is 15.0 Å². The minimum absolute atomic E-state index is 0.0226. The topological polar surface area (TPSA) is 139 Å². The molecule has 0 spiro atoms. The molecule has 2 aromatic rings. The molecule has 0 bridgehead atoms. The Morgan fingerprint density at radius 3 is 3.00 bits per heavy atom. The van der Waals surface area contributed by atoms with Gasteiger partial charge in [-0.2, -0.15) is 4.98 Å². The van der Waals surface area contributed by atoms with Gasteiger partial charge in [-0.3, -0.25) is 14.3 Å². The van der Waals surface area contributed by atoms with Crippen molar-refractivity contribution in [1.29, 1.82) is 0 Å². The number of nitrogens with two attached hydrogens (primary N) is 1. The Balaban J connectivity index is 2.15. The van der Waals surface area contributed by atoms with Gasteiger partial charge in [-0.15, -0.1) is 0 Å². The van der Waals surface area contributed by atoms with Crippen LogP contribution in [0.25, 0.3) is 11.2 Å². The summed E-state index contributed by atoms with van der Waals surface area (Å²) in [5.41, 5.74) is 2.73. The van der Waals surface area contributed by atoms with Crippen LogP contribution in [0.15, 0.2) is 11.1 Å². The molecule has 2 unspecified atom stereocenters. The van der Waals surface area contributed by atoms with E-state index in [1.807, 2.05) is 0 Å². The number of ether oxygens (including phenoxy) is 1. The van der Waals surface area contributed by atoms with Crippen LogP contribution in [-0.2, 0) is 4.74 Å². The van der Waals surface area contributed by atoms with E-state index in [1.165, 1.54) is 10.9 Å². The molecule has 1 fully saturated rings. The highest BCUT2D eigenvalue weighted by Crippen LogP contribution is 2.41. The van der Waals surface area contributed by atoms with Crippen molar-refractivity contribution in [3.63, 3.8) is 0 Å². The largest absolute Gasteiger partial charge is 0.394 e. The molecule has 3 rings (SSSR count). The van der Waals surface area contributed by atoms with Crippen molar-refractivity contribution in [2.75, 3.05) is 12.3 Å². The smallest absolute Gasteiger partial charge is 0.280 e. The Hall–Kier alpha value is -2.04. The first-order valence-corrected chi connectivity index (χ1v) is 6.22. The molecule has 2 aromatic heterocycles. The van der Waals surface area contributed by atoms with Gasteiger partial charge in [-0.25, -0.2) is 9.37 Å². The molecule has 1 aliphatic rings. The van der Waals surface area contributed by atoms with Crippen molar-refractivity contribution < 1.29 is 19.3 Å². The van der Waals surface area contributed by atoms with Crippen LogP contribution in [0, 0.1) is 0 Å². The number of hydrogen-bond acceptors (Lipinski definition) is 7. The number of anilines is 1. The molecule has 3 heterocycles. The van der Waals surface area contributed by atoms with Crippen LogP contribution >= 0.6 is 0 Å². The third kappa shape index (κ3) is 1.91. The predicted octanol–water partition coefficient (Wildman–Crippen LogP) is -1.32. The number of nitrogens with one attached hydrogen (secondary N) is 1. The van der Waals surface area contributed by atoms with Crippen LogP contribution in [0.4, 0.5) is 10.3 Å². The highest BCUT2D eigenvalue weighted by atomic mass is 19.1. The quantitative estimate of drug-likeness (QED) is 0.539. The maximum Gasteiger partial charge on any atom is 0.280 e. The number of fused-ring (bicyclic) bond motifs is 1. The zero-order valence-electron chi connectivity index (χ0n) is 11.0. The lowest BCUT2D eigenvalue weighted by molar-refractivity contribution is -0.0566. The molecule has 114 valence electrons. The van der Waals surface area contributed by atoms with Crippen molar-refractivity contribution in [2.45, 2.75) is 31.0 Å². The molecule has 9 nitrogen and oxygen atoms in total. The monoisotopic (exact) mass is 299 g/mol. The van der Waals surface area contributed by atoms with Crippen LogP contribution in [0.2, 0.25) is 0 Å². The number of nitrogen functional groups attached to an aromatic ring is 1. The van der Waals surface area contributed by atoms with E-state index in [0.717, 1.165) is 6.92 Å². The lowest BCUT2D eigenvalue weighted by Gasteiger charge is -2.24. The summed E-state index contributed by atoms with van der Waals surface area (Å²) in [5, 5.41) is 19.0. The van der Waals surface area contributed by atoms with Crippen molar-refractivity contribution in [3.8, 4) is 0 Å². The number of aromatic amines is 1. The molecule has 0 aromatic carbocycles. The Labute approximate surface area is 117 Å². The molecule has 4 atom stereocenters. The first-order chi connectivity index (χ1) is 9.86. The molecular formula is C11H14FN5O4. The second kappa shape index (κ2) is 4.48. The lowest BCUT2D eigenvalue weighted by Crippen LogP contribution is -2.40. The summed E-state index contributed by atoms with van der Waals surface area (Å²) in [6, 6.07) is 0. The SMILES string of the molecule is C[C@@]1(F)C(O)[C@@H](CO)OC1n1cnc2c(=O)[nH]c(N)nc21. The number of alkyl halides is 1. The summed E-state index contributed by atoms with van der Waals surface area (Å²) in [5.74, 6) is -0.146. The minimum atomic E-state index is -2.19. The van der Waals surface area contributed by atoms with Crippen LogP contribution < -0.4 is 11.3 Å². The Bertz CT molecular complexity index is 742. The lowest BCUT2D eigenvalue weighted by atomic mass is 9.99. The molecule has 0 aliphatic carbocycles. The number of halogens is 1. The van der Waals surface area contributed by atoms with Gasteiger partial charge in [0.2, 0.25) is 5.95 Å². The van der Waals surface area contributed by atoms with Crippen molar-refractivity contribution in [3.05, 3.63) is 16.7 Å². The molecule has 0 saturated carbocycles. The van der Waals surface area contributed by atoms with Gasteiger partial charge in [-0.05, 0) is 6.92 Å². The van der Waals surface area contributed by atoms with E-state index in [1.54, 1.807) is 0 Å². The molecule has 5 N–H and O–H groups in total. The van der Waals surface area contributed by atoms with E-state index in [4.69, 9.17) is 15.6 Å². The summed E-state index contributed by atoms with van der Waals surface area (Å²) in [6.07, 6.45) is -2.71. The van der Waals surface area contributed by atoms with E-state index >= 15 is 0 Å². The van der Waals surface area contributed by atoms with Gasteiger partial charge in [0, 0.05) is 0 Å². The summed E-state index contributed by atoms with van der Waals surface area (Å²) in [6.45, 7) is 0.598. The number of H-pyrrole nitrogens is 1. The molecule has 0 radical (unpaired) electrons. The number of rotatable bonds is 2.